The maximum absolute atomic E-state index is 14.0. The second-order valence-electron chi connectivity index (χ2n) is 12.4. The van der Waals surface area contributed by atoms with Crippen LogP contribution in [-0.4, -0.2) is 47.9 Å². The molecule has 0 aliphatic heterocycles. The summed E-state index contributed by atoms with van der Waals surface area (Å²) in [5.74, 6) is -2.17. The van der Waals surface area contributed by atoms with Crippen LogP contribution < -0.4 is 10.6 Å². The Morgan fingerprint density at radius 2 is 1.10 bits per heavy atom. The van der Waals surface area contributed by atoms with Crippen LogP contribution in [0.3, 0.4) is 0 Å². The number of amides is 3. The molecule has 0 fully saturated rings. The molecule has 0 heterocycles. The Morgan fingerprint density at radius 3 is 1.61 bits per heavy atom. The number of carbonyl (C=O) groups is 4. The number of hydroxylamine groups is 2. The van der Waals surface area contributed by atoms with E-state index in [9.17, 15) is 19.2 Å². The van der Waals surface area contributed by atoms with Crippen LogP contribution in [0, 0.1) is 11.8 Å². The fraction of sp³-hybridized carbons (Fsp3) is 0.300. The molecule has 0 bridgehead atoms. The third kappa shape index (κ3) is 12.7. The molecule has 0 aromatic heterocycles. The maximum atomic E-state index is 14.0. The molecule has 4 aromatic rings. The van der Waals surface area contributed by atoms with Crippen molar-refractivity contribution < 1.29 is 28.8 Å². The Morgan fingerprint density at radius 1 is 0.633 bits per heavy atom. The summed E-state index contributed by atoms with van der Waals surface area (Å²) in [6.07, 6.45) is 1.41. The summed E-state index contributed by atoms with van der Waals surface area (Å²) in [5, 5.41) is 6.93. The van der Waals surface area contributed by atoms with Crippen LogP contribution in [0.4, 0.5) is 0 Å². The van der Waals surface area contributed by atoms with E-state index >= 15 is 0 Å². The topological polar surface area (TPSA) is 114 Å². The monoisotopic (exact) mass is 663 g/mol. The van der Waals surface area contributed by atoms with Crippen molar-refractivity contribution in [2.24, 2.45) is 11.8 Å². The van der Waals surface area contributed by atoms with Crippen LogP contribution in [-0.2, 0) is 54.8 Å². The minimum Gasteiger partial charge on any atom is -0.459 e. The van der Waals surface area contributed by atoms with Crippen molar-refractivity contribution in [1.82, 2.24) is 15.7 Å². The highest BCUT2D eigenvalue weighted by molar-refractivity contribution is 5.91. The molecule has 0 radical (unpaired) electrons. The third-order valence-corrected chi connectivity index (χ3v) is 7.90. The Labute approximate surface area is 288 Å². The summed E-state index contributed by atoms with van der Waals surface area (Å²) in [4.78, 5) is 59.0. The molecule has 4 rings (SSSR count). The van der Waals surface area contributed by atoms with Gasteiger partial charge in [0.2, 0.25) is 18.2 Å². The van der Waals surface area contributed by atoms with Crippen LogP contribution in [0.5, 0.6) is 0 Å². The molecular formula is C40H45N3O6. The Bertz CT molecular complexity index is 1590. The number of ether oxygens (including phenoxy) is 1. The molecule has 0 spiro atoms. The summed E-state index contributed by atoms with van der Waals surface area (Å²) in [5.41, 5.74) is 3.44. The second-order valence-corrected chi connectivity index (χ2v) is 12.4. The zero-order valence-corrected chi connectivity index (χ0v) is 28.1. The zero-order chi connectivity index (χ0) is 34.8. The van der Waals surface area contributed by atoms with Gasteiger partial charge in [-0.2, -0.15) is 0 Å². The van der Waals surface area contributed by atoms with Crippen LogP contribution in [0.15, 0.2) is 121 Å². The fourth-order valence-electron chi connectivity index (χ4n) is 5.35. The summed E-state index contributed by atoms with van der Waals surface area (Å²) in [6.45, 7) is 4.09. The molecule has 4 aromatic carbocycles. The first-order chi connectivity index (χ1) is 23.8. The van der Waals surface area contributed by atoms with Gasteiger partial charge in [-0.05, 0) is 41.0 Å². The zero-order valence-electron chi connectivity index (χ0n) is 28.1. The highest BCUT2D eigenvalue weighted by atomic mass is 16.7. The van der Waals surface area contributed by atoms with Gasteiger partial charge in [-0.1, -0.05) is 135 Å². The number of rotatable bonds is 19. The first-order valence-electron chi connectivity index (χ1n) is 16.6. The van der Waals surface area contributed by atoms with E-state index < -0.39 is 35.8 Å². The van der Waals surface area contributed by atoms with Gasteiger partial charge < -0.3 is 15.4 Å². The van der Waals surface area contributed by atoms with Crippen molar-refractivity contribution in [2.45, 2.75) is 58.4 Å². The number of carbonyl (C=O) groups excluding carboxylic acids is 4. The molecule has 9 heteroatoms. The van der Waals surface area contributed by atoms with E-state index in [1.54, 1.807) is 0 Å². The van der Waals surface area contributed by atoms with Gasteiger partial charge in [0.05, 0.1) is 12.5 Å². The Hall–Kier alpha value is -5.28. The van der Waals surface area contributed by atoms with E-state index in [2.05, 4.69) is 10.6 Å². The summed E-state index contributed by atoms with van der Waals surface area (Å²) < 4.78 is 5.63. The SMILES string of the molecule is CC(C)C[C@H](NC(=O)C(Cc1ccccc1)CN(C=O)OCc1ccccc1)C(=O)N[C@@H](Cc1ccccc1)C(=O)OCc1ccccc1. The Kier molecular flexibility index (Phi) is 14.6. The van der Waals surface area contributed by atoms with E-state index in [1.807, 2.05) is 135 Å². The largest absolute Gasteiger partial charge is 0.459 e. The predicted octanol–water partition coefficient (Wildman–Crippen LogP) is 5.44. The number of esters is 1. The normalized spacial score (nSPS) is 12.7. The third-order valence-electron chi connectivity index (χ3n) is 7.90. The van der Waals surface area contributed by atoms with Gasteiger partial charge in [-0.3, -0.25) is 19.2 Å². The summed E-state index contributed by atoms with van der Waals surface area (Å²) in [6, 6.07) is 35.6. The lowest BCUT2D eigenvalue weighted by molar-refractivity contribution is -0.182. The predicted molar refractivity (Wildman–Crippen MR) is 187 cm³/mol. The van der Waals surface area contributed by atoms with Gasteiger partial charge in [0.15, 0.2) is 0 Å². The lowest BCUT2D eigenvalue weighted by Gasteiger charge is -2.27. The average Bonchev–Trinajstić information content (AvgIpc) is 3.12. The molecule has 1 unspecified atom stereocenters. The van der Waals surface area contributed by atoms with Gasteiger partial charge in [-0.15, -0.1) is 0 Å². The molecule has 0 saturated heterocycles. The molecule has 0 aliphatic rings. The quantitative estimate of drug-likeness (QED) is 0.0785. The highest BCUT2D eigenvalue weighted by Crippen LogP contribution is 2.15. The van der Waals surface area contributed by atoms with E-state index in [0.717, 1.165) is 27.3 Å². The van der Waals surface area contributed by atoms with Crippen molar-refractivity contribution in [3.63, 3.8) is 0 Å². The summed E-state index contributed by atoms with van der Waals surface area (Å²) >= 11 is 0. The average molecular weight is 664 g/mol. The molecule has 2 N–H and O–H groups in total. The van der Waals surface area contributed by atoms with Crippen molar-refractivity contribution in [3.05, 3.63) is 144 Å². The maximum Gasteiger partial charge on any atom is 0.329 e. The highest BCUT2D eigenvalue weighted by Gasteiger charge is 2.31. The number of hydrogen-bond acceptors (Lipinski definition) is 6. The van der Waals surface area contributed by atoms with E-state index in [1.165, 1.54) is 0 Å². The molecule has 0 saturated carbocycles. The molecule has 256 valence electrons. The number of hydrogen-bond donors (Lipinski definition) is 2. The van der Waals surface area contributed by atoms with Crippen LogP contribution in [0.1, 0.15) is 42.5 Å². The van der Waals surface area contributed by atoms with E-state index in [-0.39, 0.29) is 32.1 Å². The van der Waals surface area contributed by atoms with Gasteiger partial charge >= 0.3 is 5.97 Å². The van der Waals surface area contributed by atoms with Crippen molar-refractivity contribution in [1.29, 1.82) is 0 Å². The molecule has 49 heavy (non-hydrogen) atoms. The molecule has 3 amide bonds. The van der Waals surface area contributed by atoms with Crippen molar-refractivity contribution >= 4 is 24.2 Å². The minimum absolute atomic E-state index is 0.0322. The minimum atomic E-state index is -0.984. The van der Waals surface area contributed by atoms with E-state index in [4.69, 9.17) is 9.57 Å². The van der Waals surface area contributed by atoms with Crippen molar-refractivity contribution in [3.8, 4) is 0 Å². The molecule has 3 atom stereocenters. The van der Waals surface area contributed by atoms with Gasteiger partial charge in [-0.25, -0.2) is 9.86 Å². The Balaban J connectivity index is 1.50. The van der Waals surface area contributed by atoms with Gasteiger partial charge in [0.25, 0.3) is 0 Å². The second kappa shape index (κ2) is 19.5. The van der Waals surface area contributed by atoms with Crippen LogP contribution >= 0.6 is 0 Å². The van der Waals surface area contributed by atoms with Gasteiger partial charge in [0, 0.05) is 6.42 Å². The van der Waals surface area contributed by atoms with Gasteiger partial charge in [0.1, 0.15) is 25.3 Å². The molecule has 0 aliphatic carbocycles. The number of nitrogens with one attached hydrogen (secondary N) is 2. The summed E-state index contributed by atoms with van der Waals surface area (Å²) in [7, 11) is 0. The van der Waals surface area contributed by atoms with Crippen LogP contribution in [0.25, 0.3) is 0 Å². The van der Waals surface area contributed by atoms with Crippen molar-refractivity contribution in [2.75, 3.05) is 6.54 Å². The first-order valence-corrected chi connectivity index (χ1v) is 16.6. The number of benzene rings is 4. The first kappa shape index (κ1) is 36.6. The smallest absolute Gasteiger partial charge is 0.329 e. The fourth-order valence-corrected chi connectivity index (χ4v) is 5.35. The molecule has 9 nitrogen and oxygen atoms in total. The lowest BCUT2D eigenvalue weighted by atomic mass is 9.96. The standard InChI is InChI=1S/C40H45N3O6/c1-30(2)23-36(39(46)42-37(25-32-17-9-4-10-18-32)40(47)48-27-33-19-11-5-12-20-33)41-38(45)35(24-31-15-7-3-8-16-31)26-43(29-44)49-28-34-21-13-6-14-22-34/h3-22,29-30,35-37H,23-28H2,1-2H3,(H,41,45)(H,42,46)/t35?,36-,37-/m0/s1. The van der Waals surface area contributed by atoms with Crippen LogP contribution in [0.2, 0.25) is 0 Å². The lowest BCUT2D eigenvalue weighted by Crippen LogP contribution is -2.54. The molecular weight excluding hydrogens is 618 g/mol. The number of nitrogens with zero attached hydrogens (tertiary/aromatic N) is 1. The van der Waals surface area contributed by atoms with E-state index in [0.29, 0.717) is 19.3 Å².